The number of benzene rings is 1. The van der Waals surface area contributed by atoms with E-state index in [0.29, 0.717) is 23.8 Å². The van der Waals surface area contributed by atoms with Crippen LogP contribution in [-0.4, -0.2) is 41.7 Å². The molecule has 1 aromatic rings. The molecule has 1 fully saturated rings. The highest BCUT2D eigenvalue weighted by Crippen LogP contribution is 2.21. The van der Waals surface area contributed by atoms with Gasteiger partial charge in [-0.1, -0.05) is 12.1 Å². The molecule has 1 heterocycles. The van der Waals surface area contributed by atoms with E-state index in [-0.39, 0.29) is 12.0 Å². The van der Waals surface area contributed by atoms with Gasteiger partial charge in [-0.2, -0.15) is 0 Å². The molecule has 1 aromatic carbocycles. The van der Waals surface area contributed by atoms with Crippen molar-refractivity contribution < 1.29 is 9.90 Å². The number of aliphatic hydroxyl groups excluding tert-OH is 1. The first-order chi connectivity index (χ1) is 9.56. The van der Waals surface area contributed by atoms with Crippen LogP contribution in [0, 0.1) is 5.92 Å². The van der Waals surface area contributed by atoms with Crippen LogP contribution in [0.15, 0.2) is 24.3 Å². The molecule has 0 radical (unpaired) electrons. The molecule has 20 heavy (non-hydrogen) atoms. The average Bonchev–Trinajstić information content (AvgIpc) is 2.42. The number of para-hydroxylation sites is 2. The molecular weight excluding hydrogens is 254 g/mol. The molecule has 0 bridgehead atoms. The van der Waals surface area contributed by atoms with Gasteiger partial charge in [-0.05, 0) is 50.9 Å². The fourth-order valence-corrected chi connectivity index (χ4v) is 2.60. The molecule has 2 rings (SSSR count). The number of nitrogens with zero attached hydrogens (tertiary/aromatic N) is 1. The van der Waals surface area contributed by atoms with Gasteiger partial charge in [0.25, 0.3) is 0 Å². The van der Waals surface area contributed by atoms with E-state index in [0.717, 1.165) is 25.9 Å². The Hall–Kier alpha value is -1.59. The van der Waals surface area contributed by atoms with Crippen molar-refractivity contribution in [2.45, 2.75) is 25.9 Å². The number of hydrogen-bond acceptors (Lipinski definition) is 4. The van der Waals surface area contributed by atoms with Crippen LogP contribution < -0.4 is 11.1 Å². The summed E-state index contributed by atoms with van der Waals surface area (Å²) in [6.07, 6.45) is 1.63. The van der Waals surface area contributed by atoms with Crippen molar-refractivity contribution in [3.63, 3.8) is 0 Å². The maximum Gasteiger partial charge on any atom is 0.238 e. The smallest absolute Gasteiger partial charge is 0.238 e. The summed E-state index contributed by atoms with van der Waals surface area (Å²) in [4.78, 5) is 14.1. The minimum Gasteiger partial charge on any atom is -0.397 e. The number of aliphatic hydroxyl groups is 1. The topological polar surface area (TPSA) is 78.6 Å². The lowest BCUT2D eigenvalue weighted by atomic mass is 9.92. The molecule has 0 saturated carbocycles. The van der Waals surface area contributed by atoms with Crippen molar-refractivity contribution in [1.29, 1.82) is 0 Å². The third kappa shape index (κ3) is 3.95. The van der Waals surface area contributed by atoms with Crippen LogP contribution >= 0.6 is 0 Å². The molecule has 5 heteroatoms. The van der Waals surface area contributed by atoms with E-state index in [1.165, 1.54) is 0 Å². The maximum absolute atomic E-state index is 12.0. The van der Waals surface area contributed by atoms with Crippen molar-refractivity contribution in [2.75, 3.05) is 30.7 Å². The SMILES string of the molecule is CC(O)C1CCN(CC(=O)Nc2ccccc2N)CC1. The van der Waals surface area contributed by atoms with Crippen molar-refractivity contribution in [3.8, 4) is 0 Å². The van der Waals surface area contributed by atoms with Crippen LogP contribution in [0.4, 0.5) is 11.4 Å². The van der Waals surface area contributed by atoms with Crippen LogP contribution in [-0.2, 0) is 4.79 Å². The van der Waals surface area contributed by atoms with Crippen molar-refractivity contribution >= 4 is 17.3 Å². The fraction of sp³-hybridized carbons (Fsp3) is 0.533. The monoisotopic (exact) mass is 277 g/mol. The summed E-state index contributed by atoms with van der Waals surface area (Å²) >= 11 is 0. The van der Waals surface area contributed by atoms with Gasteiger partial charge < -0.3 is 16.2 Å². The lowest BCUT2D eigenvalue weighted by molar-refractivity contribution is -0.117. The Bertz CT molecular complexity index is 454. The van der Waals surface area contributed by atoms with Gasteiger partial charge >= 0.3 is 0 Å². The molecule has 1 atom stereocenters. The Kier molecular flexibility index (Phi) is 4.98. The maximum atomic E-state index is 12.0. The number of anilines is 2. The molecule has 1 aliphatic rings. The van der Waals surface area contributed by atoms with E-state index in [4.69, 9.17) is 5.73 Å². The Morgan fingerprint density at radius 1 is 1.45 bits per heavy atom. The van der Waals surface area contributed by atoms with E-state index in [1.807, 2.05) is 19.1 Å². The second kappa shape index (κ2) is 6.72. The average molecular weight is 277 g/mol. The Morgan fingerprint density at radius 3 is 2.70 bits per heavy atom. The van der Waals surface area contributed by atoms with Crippen molar-refractivity contribution in [2.24, 2.45) is 5.92 Å². The molecule has 1 unspecified atom stereocenters. The predicted octanol–water partition coefficient (Wildman–Crippen LogP) is 1.30. The van der Waals surface area contributed by atoms with Crippen LogP contribution in [0.25, 0.3) is 0 Å². The van der Waals surface area contributed by atoms with Gasteiger partial charge in [0.05, 0.1) is 24.0 Å². The summed E-state index contributed by atoms with van der Waals surface area (Å²) in [6, 6.07) is 7.25. The molecule has 1 aliphatic heterocycles. The number of likely N-dealkylation sites (tertiary alicyclic amines) is 1. The Morgan fingerprint density at radius 2 is 2.10 bits per heavy atom. The molecule has 0 spiro atoms. The van der Waals surface area contributed by atoms with E-state index in [1.54, 1.807) is 12.1 Å². The van der Waals surface area contributed by atoms with Gasteiger partial charge in [0.15, 0.2) is 0 Å². The van der Waals surface area contributed by atoms with Crippen LogP contribution in [0.1, 0.15) is 19.8 Å². The first-order valence-corrected chi connectivity index (χ1v) is 7.11. The van der Waals surface area contributed by atoms with Crippen molar-refractivity contribution in [1.82, 2.24) is 4.90 Å². The molecule has 1 saturated heterocycles. The number of amides is 1. The first kappa shape index (κ1) is 14.8. The minimum absolute atomic E-state index is 0.0432. The number of carbonyl (C=O) groups excluding carboxylic acids is 1. The molecule has 0 aromatic heterocycles. The zero-order valence-electron chi connectivity index (χ0n) is 11.9. The lowest BCUT2D eigenvalue weighted by Gasteiger charge is -2.32. The number of nitrogens with one attached hydrogen (secondary N) is 1. The summed E-state index contributed by atoms with van der Waals surface area (Å²) < 4.78 is 0. The van der Waals surface area contributed by atoms with E-state index < -0.39 is 0 Å². The third-order valence-electron chi connectivity index (χ3n) is 3.92. The van der Waals surface area contributed by atoms with Gasteiger partial charge in [-0.3, -0.25) is 9.69 Å². The normalized spacial score (nSPS) is 18.7. The number of carbonyl (C=O) groups is 1. The van der Waals surface area contributed by atoms with E-state index in [2.05, 4.69) is 10.2 Å². The summed E-state index contributed by atoms with van der Waals surface area (Å²) in [5, 5.41) is 12.4. The largest absolute Gasteiger partial charge is 0.397 e. The van der Waals surface area contributed by atoms with Gasteiger partial charge in [0.1, 0.15) is 0 Å². The summed E-state index contributed by atoms with van der Waals surface area (Å²) in [7, 11) is 0. The summed E-state index contributed by atoms with van der Waals surface area (Å²) in [6.45, 7) is 3.92. The minimum atomic E-state index is -0.255. The first-order valence-electron chi connectivity index (χ1n) is 7.11. The van der Waals surface area contributed by atoms with E-state index >= 15 is 0 Å². The van der Waals surface area contributed by atoms with Crippen molar-refractivity contribution in [3.05, 3.63) is 24.3 Å². The van der Waals surface area contributed by atoms with E-state index in [9.17, 15) is 9.90 Å². The summed E-state index contributed by atoms with van der Waals surface area (Å²) in [5.41, 5.74) is 7.04. The van der Waals surface area contributed by atoms with Gasteiger partial charge in [0.2, 0.25) is 5.91 Å². The molecular formula is C15H23N3O2. The molecule has 4 N–H and O–H groups in total. The summed E-state index contributed by atoms with van der Waals surface area (Å²) in [5.74, 6) is 0.317. The van der Waals surface area contributed by atoms with Gasteiger partial charge in [0, 0.05) is 0 Å². The number of nitrogen functional groups attached to an aromatic ring is 1. The number of piperidine rings is 1. The molecule has 5 nitrogen and oxygen atoms in total. The van der Waals surface area contributed by atoms with Crippen LogP contribution in [0.5, 0.6) is 0 Å². The predicted molar refractivity (Wildman–Crippen MR) is 80.3 cm³/mol. The fourth-order valence-electron chi connectivity index (χ4n) is 2.60. The van der Waals surface area contributed by atoms with Crippen LogP contribution in [0.2, 0.25) is 0 Å². The third-order valence-corrected chi connectivity index (χ3v) is 3.92. The molecule has 110 valence electrons. The second-order valence-electron chi connectivity index (χ2n) is 5.49. The highest BCUT2D eigenvalue weighted by Gasteiger charge is 2.23. The number of nitrogens with two attached hydrogens (primary N) is 1. The quantitative estimate of drug-likeness (QED) is 0.725. The molecule has 1 amide bonds. The number of hydrogen-bond donors (Lipinski definition) is 3. The second-order valence-corrected chi connectivity index (χ2v) is 5.49. The lowest BCUT2D eigenvalue weighted by Crippen LogP contribution is -2.41. The van der Waals surface area contributed by atoms with Gasteiger partial charge in [-0.15, -0.1) is 0 Å². The zero-order chi connectivity index (χ0) is 14.5. The van der Waals surface area contributed by atoms with Gasteiger partial charge in [-0.25, -0.2) is 0 Å². The Labute approximate surface area is 119 Å². The molecule has 0 aliphatic carbocycles. The van der Waals surface area contributed by atoms with Crippen LogP contribution in [0.3, 0.4) is 0 Å². The zero-order valence-corrected chi connectivity index (χ0v) is 11.9. The Balaban J connectivity index is 1.80. The highest BCUT2D eigenvalue weighted by atomic mass is 16.3. The number of rotatable bonds is 4. The highest BCUT2D eigenvalue weighted by molar-refractivity contribution is 5.95. The standard InChI is InChI=1S/C15H23N3O2/c1-11(19)12-6-8-18(9-7-12)10-15(20)17-14-5-3-2-4-13(14)16/h2-5,11-12,19H,6-10,16H2,1H3,(H,17,20).